The zero-order chi connectivity index (χ0) is 24.0. The van der Waals surface area contributed by atoms with Crippen LogP contribution in [0.1, 0.15) is 70.4 Å². The molecule has 0 bridgehead atoms. The Hall–Kier alpha value is -2.19. The number of aryl methyl sites for hydroxylation is 1. The van der Waals surface area contributed by atoms with Gasteiger partial charge in [0.2, 0.25) is 0 Å². The van der Waals surface area contributed by atoms with Crippen molar-refractivity contribution in [3.05, 3.63) is 44.7 Å². The molecule has 33 heavy (non-hydrogen) atoms. The van der Waals surface area contributed by atoms with Crippen molar-refractivity contribution in [3.8, 4) is 0 Å². The number of unbranched alkanes of at least 4 members (excludes halogenated alkanes) is 5. The van der Waals surface area contributed by atoms with Gasteiger partial charge in [-0.1, -0.05) is 82.9 Å². The van der Waals surface area contributed by atoms with Crippen LogP contribution in [0.4, 0.5) is 5.82 Å². The van der Waals surface area contributed by atoms with Crippen LogP contribution in [-0.4, -0.2) is 37.6 Å². The normalized spacial score (nSPS) is 15.4. The number of amides is 1. The van der Waals surface area contributed by atoms with Crippen molar-refractivity contribution in [1.29, 1.82) is 0 Å². The number of carbonyl (C=O) groups is 1. The molecule has 1 aliphatic heterocycles. The fraction of sp³-hybridized carbons (Fsp3) is 0.520. The quantitative estimate of drug-likeness (QED) is 0.252. The number of pyridine rings is 1. The molecule has 6 nitrogen and oxygen atoms in total. The molecule has 2 aromatic heterocycles. The number of carbonyl (C=O) groups excluding carboxylic acids is 1. The number of thiocarbonyl (C=S) groups is 1. The molecular weight excluding hydrogens is 452 g/mol. The highest BCUT2D eigenvalue weighted by molar-refractivity contribution is 8.26. The summed E-state index contributed by atoms with van der Waals surface area (Å²) in [6, 6.07) is 3.77. The standard InChI is InChI=1S/C25H34N4O2S2/c1-5-6-7-8-9-10-13-28-24(31)20(33-25(28)32)14-19-22(26-15-17(2)3)27-21-12-11-18(4)16-29(21)23(19)30/h11-12,14,16-17,26H,5-10,13,15H2,1-4H3. The Balaban J connectivity index is 1.87. The van der Waals surface area contributed by atoms with Crippen molar-refractivity contribution >= 4 is 51.7 Å². The van der Waals surface area contributed by atoms with E-state index < -0.39 is 0 Å². The number of nitrogens with zero attached hydrogens (tertiary/aromatic N) is 3. The Kier molecular flexibility index (Phi) is 9.09. The molecule has 0 radical (unpaired) electrons. The van der Waals surface area contributed by atoms with Gasteiger partial charge in [-0.05, 0) is 37.0 Å². The lowest BCUT2D eigenvalue weighted by molar-refractivity contribution is -0.122. The number of thioether (sulfide) groups is 1. The van der Waals surface area contributed by atoms with Crippen LogP contribution in [0.5, 0.6) is 0 Å². The summed E-state index contributed by atoms with van der Waals surface area (Å²) in [7, 11) is 0. The molecule has 0 unspecified atom stereocenters. The van der Waals surface area contributed by atoms with E-state index in [-0.39, 0.29) is 11.5 Å². The molecule has 3 rings (SSSR count). The molecule has 8 heteroatoms. The van der Waals surface area contributed by atoms with Gasteiger partial charge in [0.1, 0.15) is 15.8 Å². The van der Waals surface area contributed by atoms with Gasteiger partial charge in [-0.15, -0.1) is 0 Å². The highest BCUT2D eigenvalue weighted by Gasteiger charge is 2.32. The lowest BCUT2D eigenvalue weighted by atomic mass is 10.1. The minimum absolute atomic E-state index is 0.123. The second kappa shape index (κ2) is 11.8. The molecule has 178 valence electrons. The second-order valence-corrected chi connectivity index (χ2v) is 10.7. The fourth-order valence-electron chi connectivity index (χ4n) is 3.70. The molecule has 1 fully saturated rings. The van der Waals surface area contributed by atoms with Crippen molar-refractivity contribution in [2.24, 2.45) is 5.92 Å². The zero-order valence-corrected chi connectivity index (χ0v) is 21.7. The summed E-state index contributed by atoms with van der Waals surface area (Å²) >= 11 is 6.75. The first-order valence-corrected chi connectivity index (χ1v) is 13.1. The number of rotatable bonds is 11. The molecule has 1 saturated heterocycles. The molecule has 0 aromatic carbocycles. The van der Waals surface area contributed by atoms with Crippen LogP contribution in [-0.2, 0) is 4.79 Å². The Bertz CT molecular complexity index is 1110. The molecule has 1 aliphatic rings. The Morgan fingerprint density at radius 1 is 1.15 bits per heavy atom. The fourth-order valence-corrected chi connectivity index (χ4v) is 4.99. The van der Waals surface area contributed by atoms with Gasteiger partial charge in [-0.25, -0.2) is 4.98 Å². The van der Waals surface area contributed by atoms with Gasteiger partial charge in [0.05, 0.1) is 10.5 Å². The molecule has 0 aliphatic carbocycles. The Labute approximate surface area is 205 Å². The summed E-state index contributed by atoms with van der Waals surface area (Å²) in [5, 5.41) is 3.29. The van der Waals surface area contributed by atoms with Crippen molar-refractivity contribution in [1.82, 2.24) is 14.3 Å². The number of fused-ring (bicyclic) bond motifs is 1. The van der Waals surface area contributed by atoms with E-state index in [2.05, 4.69) is 31.1 Å². The van der Waals surface area contributed by atoms with Crippen molar-refractivity contribution in [2.45, 2.75) is 66.2 Å². The van der Waals surface area contributed by atoms with Gasteiger partial charge in [0, 0.05) is 19.3 Å². The number of hydrogen-bond acceptors (Lipinski definition) is 6. The first kappa shape index (κ1) is 25.4. The maximum atomic E-state index is 13.4. The molecule has 3 heterocycles. The lowest BCUT2D eigenvalue weighted by Gasteiger charge is -2.14. The van der Waals surface area contributed by atoms with Crippen LogP contribution in [0, 0.1) is 12.8 Å². The van der Waals surface area contributed by atoms with E-state index in [9.17, 15) is 9.59 Å². The number of hydrogen-bond donors (Lipinski definition) is 1. The SMILES string of the molecule is CCCCCCCCN1C(=O)C(=Cc2c(NCC(C)C)nc3ccc(C)cn3c2=O)SC1=S. The molecular formula is C25H34N4O2S2. The molecule has 0 saturated carbocycles. The monoisotopic (exact) mass is 486 g/mol. The molecule has 2 aromatic rings. The van der Waals surface area contributed by atoms with E-state index >= 15 is 0 Å². The van der Waals surface area contributed by atoms with E-state index in [1.165, 1.54) is 37.4 Å². The van der Waals surface area contributed by atoms with Gasteiger partial charge in [0.15, 0.2) is 0 Å². The van der Waals surface area contributed by atoms with Gasteiger partial charge in [-0.2, -0.15) is 0 Å². The topological polar surface area (TPSA) is 66.7 Å². The second-order valence-electron chi connectivity index (χ2n) is 8.99. The summed E-state index contributed by atoms with van der Waals surface area (Å²) in [5.41, 5.74) is 1.73. The maximum Gasteiger partial charge on any atom is 0.267 e. The van der Waals surface area contributed by atoms with Crippen LogP contribution >= 0.6 is 24.0 Å². The van der Waals surface area contributed by atoms with Gasteiger partial charge in [-0.3, -0.25) is 18.9 Å². The van der Waals surface area contributed by atoms with Crippen LogP contribution in [0.25, 0.3) is 11.7 Å². The van der Waals surface area contributed by atoms with Crippen LogP contribution < -0.4 is 10.9 Å². The van der Waals surface area contributed by atoms with Crippen LogP contribution in [0.2, 0.25) is 0 Å². The predicted octanol–water partition coefficient (Wildman–Crippen LogP) is 5.63. The number of nitrogens with one attached hydrogen (secondary N) is 1. The first-order chi connectivity index (χ1) is 15.8. The maximum absolute atomic E-state index is 13.4. The number of aromatic nitrogens is 2. The highest BCUT2D eigenvalue weighted by atomic mass is 32.2. The highest BCUT2D eigenvalue weighted by Crippen LogP contribution is 2.33. The summed E-state index contributed by atoms with van der Waals surface area (Å²) < 4.78 is 2.10. The summed E-state index contributed by atoms with van der Waals surface area (Å²) in [5.74, 6) is 0.757. The van der Waals surface area contributed by atoms with Gasteiger partial charge >= 0.3 is 0 Å². The van der Waals surface area contributed by atoms with Crippen LogP contribution in [0.15, 0.2) is 28.0 Å². The van der Waals surface area contributed by atoms with Gasteiger partial charge < -0.3 is 5.32 Å². The third-order valence-corrected chi connectivity index (χ3v) is 6.95. The third-order valence-electron chi connectivity index (χ3n) is 5.57. The minimum atomic E-state index is -0.198. The van der Waals surface area contributed by atoms with E-state index in [1.54, 1.807) is 21.6 Å². The zero-order valence-electron chi connectivity index (χ0n) is 20.0. The van der Waals surface area contributed by atoms with E-state index in [4.69, 9.17) is 12.2 Å². The Morgan fingerprint density at radius 2 is 1.88 bits per heavy atom. The minimum Gasteiger partial charge on any atom is -0.369 e. The van der Waals surface area contributed by atoms with Crippen LogP contribution in [0.3, 0.4) is 0 Å². The smallest absolute Gasteiger partial charge is 0.267 e. The first-order valence-electron chi connectivity index (χ1n) is 11.8. The van der Waals surface area contributed by atoms with Crippen molar-refractivity contribution < 1.29 is 4.79 Å². The predicted molar refractivity (Wildman–Crippen MR) is 143 cm³/mol. The van der Waals surface area contributed by atoms with E-state index in [0.29, 0.717) is 45.3 Å². The molecule has 0 spiro atoms. The Morgan fingerprint density at radius 3 is 2.61 bits per heavy atom. The summed E-state index contributed by atoms with van der Waals surface area (Å²) in [6.45, 7) is 9.63. The number of anilines is 1. The van der Waals surface area contributed by atoms with Crippen molar-refractivity contribution in [3.63, 3.8) is 0 Å². The largest absolute Gasteiger partial charge is 0.369 e. The lowest BCUT2D eigenvalue weighted by Crippen LogP contribution is -2.29. The van der Waals surface area contributed by atoms with E-state index in [0.717, 1.165) is 18.4 Å². The summed E-state index contributed by atoms with van der Waals surface area (Å²) in [6.07, 6.45) is 10.4. The average Bonchev–Trinajstić information content (AvgIpc) is 3.04. The summed E-state index contributed by atoms with van der Waals surface area (Å²) in [4.78, 5) is 33.3. The third kappa shape index (κ3) is 6.44. The molecule has 1 amide bonds. The van der Waals surface area contributed by atoms with E-state index in [1.807, 2.05) is 19.1 Å². The average molecular weight is 487 g/mol. The van der Waals surface area contributed by atoms with Crippen molar-refractivity contribution in [2.75, 3.05) is 18.4 Å². The van der Waals surface area contributed by atoms with Gasteiger partial charge in [0.25, 0.3) is 11.5 Å². The molecule has 1 N–H and O–H groups in total. The molecule has 0 atom stereocenters.